The molecule has 0 aliphatic carbocycles. The monoisotopic (exact) mass is 638 g/mol. The van der Waals surface area contributed by atoms with Gasteiger partial charge in [0.1, 0.15) is 12.6 Å². The number of amides is 2. The van der Waals surface area contributed by atoms with E-state index < -0.39 is 42.7 Å². The Morgan fingerprint density at radius 3 is 2.11 bits per heavy atom. The fourth-order valence-corrected chi connectivity index (χ4v) is 4.06. The molecular formula is C22H16BrCl3F6N2O2. The summed E-state index contributed by atoms with van der Waals surface area (Å²) in [6, 6.07) is 4.82. The predicted octanol–water partition coefficient (Wildman–Crippen LogP) is 7.57. The number of hydrogen-bond acceptors (Lipinski definition) is 2. The lowest BCUT2D eigenvalue weighted by molar-refractivity contribution is -0.139. The third-order valence-electron chi connectivity index (χ3n) is 4.64. The number of halogens is 10. The lowest BCUT2D eigenvalue weighted by atomic mass is 9.97. The molecule has 0 aromatic heterocycles. The Morgan fingerprint density at radius 2 is 1.61 bits per heavy atom. The van der Waals surface area contributed by atoms with Gasteiger partial charge in [0, 0.05) is 4.47 Å². The Hall–Kier alpha value is -1.95. The van der Waals surface area contributed by atoms with Crippen LogP contribution in [0, 0.1) is 0 Å². The van der Waals surface area contributed by atoms with Gasteiger partial charge in [-0.1, -0.05) is 53.0 Å². The molecule has 36 heavy (non-hydrogen) atoms. The summed E-state index contributed by atoms with van der Waals surface area (Å²) in [5.41, 5.74) is 0.0621. The lowest BCUT2D eigenvalue weighted by Gasteiger charge is -2.18. The molecule has 2 aromatic rings. The zero-order valence-electron chi connectivity index (χ0n) is 18.0. The molecule has 1 unspecified atom stereocenters. The fraction of sp³-hybridized carbons (Fsp3) is 0.273. The molecule has 0 saturated heterocycles. The number of alkyl halides is 6. The highest BCUT2D eigenvalue weighted by Crippen LogP contribution is 2.41. The lowest BCUT2D eigenvalue weighted by Crippen LogP contribution is -2.47. The summed E-state index contributed by atoms with van der Waals surface area (Å²) >= 11 is 20.7. The maximum absolute atomic E-state index is 13.7. The van der Waals surface area contributed by atoms with Gasteiger partial charge >= 0.3 is 12.4 Å². The summed E-state index contributed by atoms with van der Waals surface area (Å²) in [4.78, 5) is 24.2. The van der Waals surface area contributed by atoms with E-state index in [-0.39, 0.29) is 36.2 Å². The van der Waals surface area contributed by atoms with Crippen LogP contribution in [0.3, 0.4) is 0 Å². The van der Waals surface area contributed by atoms with Crippen molar-refractivity contribution in [3.63, 3.8) is 0 Å². The van der Waals surface area contributed by atoms with Crippen molar-refractivity contribution in [2.45, 2.75) is 31.2 Å². The van der Waals surface area contributed by atoms with E-state index in [2.05, 4.69) is 21.2 Å². The average Bonchev–Trinajstić information content (AvgIpc) is 2.74. The zero-order valence-corrected chi connectivity index (χ0v) is 21.9. The summed E-state index contributed by atoms with van der Waals surface area (Å²) in [5, 5.41) is 3.55. The van der Waals surface area contributed by atoms with Gasteiger partial charge in [-0.25, -0.2) is 0 Å². The van der Waals surface area contributed by atoms with Gasteiger partial charge in [0.05, 0.1) is 26.5 Å². The van der Waals surface area contributed by atoms with Crippen molar-refractivity contribution >= 4 is 68.6 Å². The van der Waals surface area contributed by atoms with E-state index in [0.717, 1.165) is 18.2 Å². The normalized spacial score (nSPS) is 14.0. The number of nitrogens with one attached hydrogen (secondary N) is 2. The molecule has 2 amide bonds. The SMILES string of the molecule is C[C@H](NC(=O)c1ccc(C=CC(c2cc(Cl)c(Cl)c(Cl)c2)C(F)(F)F)cc1Br)C(=O)NCC(F)(F)F. The molecule has 0 fully saturated rings. The molecule has 2 atom stereocenters. The molecule has 196 valence electrons. The molecule has 0 heterocycles. The molecule has 14 heteroatoms. The molecule has 0 aliphatic rings. The van der Waals surface area contributed by atoms with Crippen LogP contribution in [0.25, 0.3) is 6.08 Å². The third-order valence-corrected chi connectivity index (χ3v) is 6.49. The number of carbonyl (C=O) groups excluding carboxylic acids is 2. The number of rotatable bonds is 7. The van der Waals surface area contributed by atoms with Crippen molar-refractivity contribution < 1.29 is 35.9 Å². The van der Waals surface area contributed by atoms with Gasteiger partial charge in [-0.3, -0.25) is 9.59 Å². The van der Waals surface area contributed by atoms with Crippen LogP contribution in [0.1, 0.15) is 34.3 Å². The van der Waals surface area contributed by atoms with E-state index in [1.54, 1.807) is 5.32 Å². The Balaban J connectivity index is 2.19. The standard InChI is InChI=1S/C22H16BrCl3F6N2O2/c1-10(19(35)33-9-21(27,28)29)34-20(36)13-4-2-11(6-15(13)23)3-5-14(22(30,31)32)12-7-16(24)18(26)17(25)8-12/h2-8,10,14H,9H2,1H3,(H,33,35)(H,34,36)/t10-,14?/m0/s1. The van der Waals surface area contributed by atoms with Crippen LogP contribution in [0.5, 0.6) is 0 Å². The molecule has 2 rings (SSSR count). The highest BCUT2D eigenvalue weighted by Gasteiger charge is 2.39. The fourth-order valence-electron chi connectivity index (χ4n) is 2.87. The van der Waals surface area contributed by atoms with Gasteiger partial charge < -0.3 is 10.6 Å². The zero-order chi connectivity index (χ0) is 27.4. The van der Waals surface area contributed by atoms with Gasteiger partial charge in [0.15, 0.2) is 0 Å². The van der Waals surface area contributed by atoms with E-state index >= 15 is 0 Å². The van der Waals surface area contributed by atoms with Crippen LogP contribution in [-0.4, -0.2) is 36.8 Å². The van der Waals surface area contributed by atoms with E-state index in [4.69, 9.17) is 34.8 Å². The molecule has 0 spiro atoms. The van der Waals surface area contributed by atoms with Gasteiger partial charge in [-0.2, -0.15) is 26.3 Å². The quantitative estimate of drug-likeness (QED) is 0.243. The highest BCUT2D eigenvalue weighted by molar-refractivity contribution is 9.10. The smallest absolute Gasteiger partial charge is 0.345 e. The molecular weight excluding hydrogens is 625 g/mol. The number of allylic oxidation sites excluding steroid dienone is 1. The molecule has 4 nitrogen and oxygen atoms in total. The van der Waals surface area contributed by atoms with Crippen LogP contribution in [0.4, 0.5) is 26.3 Å². The van der Waals surface area contributed by atoms with Crippen molar-refractivity contribution in [3.8, 4) is 0 Å². The largest absolute Gasteiger partial charge is 0.405 e. The Morgan fingerprint density at radius 1 is 1.03 bits per heavy atom. The highest BCUT2D eigenvalue weighted by atomic mass is 79.9. The van der Waals surface area contributed by atoms with Gasteiger partial charge in [-0.05, 0) is 58.2 Å². The topological polar surface area (TPSA) is 58.2 Å². The van der Waals surface area contributed by atoms with Crippen LogP contribution < -0.4 is 10.6 Å². The van der Waals surface area contributed by atoms with E-state index in [1.165, 1.54) is 31.2 Å². The maximum Gasteiger partial charge on any atom is 0.405 e. The number of hydrogen-bond donors (Lipinski definition) is 2. The summed E-state index contributed by atoms with van der Waals surface area (Å²) < 4.78 is 78.0. The average molecular weight is 641 g/mol. The van der Waals surface area contributed by atoms with E-state index in [9.17, 15) is 35.9 Å². The van der Waals surface area contributed by atoms with Crippen LogP contribution in [0.2, 0.25) is 15.1 Å². The first kappa shape index (κ1) is 30.3. The van der Waals surface area contributed by atoms with Crippen molar-refractivity contribution in [1.82, 2.24) is 10.6 Å². The predicted molar refractivity (Wildman–Crippen MR) is 129 cm³/mol. The van der Waals surface area contributed by atoms with Crippen LogP contribution in [-0.2, 0) is 4.79 Å². The minimum Gasteiger partial charge on any atom is -0.345 e. The minimum atomic E-state index is -4.68. The van der Waals surface area contributed by atoms with E-state index in [1.807, 2.05) is 0 Å². The number of benzene rings is 2. The second-order valence-corrected chi connectivity index (χ2v) is 9.49. The molecule has 2 aromatic carbocycles. The molecule has 2 N–H and O–H groups in total. The Bertz CT molecular complexity index is 1150. The van der Waals surface area contributed by atoms with Gasteiger partial charge in [-0.15, -0.1) is 0 Å². The first-order valence-electron chi connectivity index (χ1n) is 9.84. The van der Waals surface area contributed by atoms with E-state index in [0.29, 0.717) is 0 Å². The second kappa shape index (κ2) is 12.1. The number of carbonyl (C=O) groups is 2. The summed E-state index contributed by atoms with van der Waals surface area (Å²) in [7, 11) is 0. The van der Waals surface area contributed by atoms with Crippen molar-refractivity contribution in [1.29, 1.82) is 0 Å². The third kappa shape index (κ3) is 8.57. The minimum absolute atomic E-state index is 0.00579. The van der Waals surface area contributed by atoms with Crippen molar-refractivity contribution in [2.24, 2.45) is 0 Å². The molecule has 0 radical (unpaired) electrons. The summed E-state index contributed by atoms with van der Waals surface area (Å²) in [6.45, 7) is -0.356. The maximum atomic E-state index is 13.7. The summed E-state index contributed by atoms with van der Waals surface area (Å²) in [5.74, 6) is -3.90. The Kier molecular flexibility index (Phi) is 10.1. The first-order chi connectivity index (χ1) is 16.5. The molecule has 0 bridgehead atoms. The second-order valence-electron chi connectivity index (χ2n) is 7.44. The summed E-state index contributed by atoms with van der Waals surface area (Å²) in [6.07, 6.45) is -7.24. The molecule has 0 saturated carbocycles. The van der Waals surface area contributed by atoms with Gasteiger partial charge in [0.2, 0.25) is 5.91 Å². The van der Waals surface area contributed by atoms with Crippen molar-refractivity contribution in [2.75, 3.05) is 6.54 Å². The molecule has 0 aliphatic heterocycles. The van der Waals surface area contributed by atoms with Crippen molar-refractivity contribution in [3.05, 3.63) is 72.6 Å². The van der Waals surface area contributed by atoms with Crippen LogP contribution >= 0.6 is 50.7 Å². The Labute approximate surface area is 225 Å². The van der Waals surface area contributed by atoms with Crippen LogP contribution in [0.15, 0.2) is 40.9 Å². The van der Waals surface area contributed by atoms with Gasteiger partial charge in [0.25, 0.3) is 5.91 Å². The first-order valence-corrected chi connectivity index (χ1v) is 11.8.